The first kappa shape index (κ1) is 24.7. The smallest absolute Gasteiger partial charge is 0.243 e. The fourth-order valence-electron chi connectivity index (χ4n) is 4.18. The van der Waals surface area contributed by atoms with E-state index in [2.05, 4.69) is 10.6 Å². The largest absolute Gasteiger partial charge is 0.467 e. The Bertz CT molecular complexity index is 1210. The third kappa shape index (κ3) is 6.37. The molecule has 0 bridgehead atoms. The molecule has 0 unspecified atom stereocenters. The van der Waals surface area contributed by atoms with E-state index in [9.17, 15) is 18.0 Å². The van der Waals surface area contributed by atoms with Crippen LogP contribution in [0.5, 0.6) is 0 Å². The average Bonchev–Trinajstić information content (AvgIpc) is 3.42. The van der Waals surface area contributed by atoms with Crippen molar-refractivity contribution in [1.82, 2.24) is 14.9 Å². The number of carbonyl (C=O) groups excluding carboxylic acids is 2. The first-order valence-corrected chi connectivity index (χ1v) is 13.1. The number of piperidine rings is 1. The first-order valence-electron chi connectivity index (χ1n) is 11.6. The Hall–Kier alpha value is -3.43. The summed E-state index contributed by atoms with van der Waals surface area (Å²) < 4.78 is 32.7. The predicted molar refractivity (Wildman–Crippen MR) is 131 cm³/mol. The number of furan rings is 1. The highest BCUT2D eigenvalue weighted by molar-refractivity contribution is 7.89. The van der Waals surface area contributed by atoms with E-state index in [1.54, 1.807) is 42.5 Å². The Balaban J connectivity index is 1.44. The molecule has 1 aromatic heterocycles. The normalized spacial score (nSPS) is 17.4. The maximum Gasteiger partial charge on any atom is 0.243 e. The van der Waals surface area contributed by atoms with Crippen molar-refractivity contribution in [2.45, 2.75) is 36.7 Å². The Morgan fingerprint density at radius 3 is 2.40 bits per heavy atom. The van der Waals surface area contributed by atoms with Gasteiger partial charge < -0.3 is 15.1 Å². The van der Waals surface area contributed by atoms with Gasteiger partial charge in [0, 0.05) is 19.5 Å². The molecule has 2 N–H and O–H groups in total. The Morgan fingerprint density at radius 2 is 1.71 bits per heavy atom. The molecule has 1 fully saturated rings. The van der Waals surface area contributed by atoms with Crippen LogP contribution in [0.4, 0.5) is 0 Å². The lowest BCUT2D eigenvalue weighted by atomic mass is 9.97. The van der Waals surface area contributed by atoms with E-state index in [-0.39, 0.29) is 29.8 Å². The van der Waals surface area contributed by atoms with E-state index in [1.165, 1.54) is 10.6 Å². The summed E-state index contributed by atoms with van der Waals surface area (Å²) in [6.07, 6.45) is 2.97. The zero-order valence-electron chi connectivity index (χ0n) is 19.3. The zero-order chi connectivity index (χ0) is 24.7. The van der Waals surface area contributed by atoms with Crippen LogP contribution < -0.4 is 10.6 Å². The van der Waals surface area contributed by atoms with Gasteiger partial charge in [-0.05, 0) is 42.7 Å². The van der Waals surface area contributed by atoms with Gasteiger partial charge in [-0.15, -0.1) is 0 Å². The fraction of sp³-hybridized carbons (Fsp3) is 0.308. The van der Waals surface area contributed by atoms with Crippen LogP contribution in [0.25, 0.3) is 0 Å². The van der Waals surface area contributed by atoms with Crippen LogP contribution in [-0.2, 0) is 32.6 Å². The number of nitrogens with one attached hydrogen (secondary N) is 2. The van der Waals surface area contributed by atoms with Crippen LogP contribution in [0.3, 0.4) is 0 Å². The molecule has 1 saturated heterocycles. The quantitative estimate of drug-likeness (QED) is 0.475. The molecule has 3 aromatic rings. The third-order valence-electron chi connectivity index (χ3n) is 6.07. The number of hydrogen-bond donors (Lipinski definition) is 2. The molecule has 8 nitrogen and oxygen atoms in total. The van der Waals surface area contributed by atoms with Crippen LogP contribution in [0.15, 0.2) is 88.4 Å². The second-order valence-electron chi connectivity index (χ2n) is 8.56. The molecule has 1 aliphatic rings. The van der Waals surface area contributed by atoms with E-state index in [0.717, 1.165) is 5.56 Å². The minimum atomic E-state index is -3.69. The third-order valence-corrected chi connectivity index (χ3v) is 7.95. The number of sulfonamides is 1. The molecule has 2 amide bonds. The van der Waals surface area contributed by atoms with Gasteiger partial charge in [0.2, 0.25) is 21.8 Å². The van der Waals surface area contributed by atoms with Gasteiger partial charge in [-0.3, -0.25) is 9.59 Å². The molecular formula is C26H29N3O5S. The number of nitrogens with zero attached hydrogens (tertiary/aromatic N) is 1. The van der Waals surface area contributed by atoms with Crippen molar-refractivity contribution in [2.24, 2.45) is 5.92 Å². The molecule has 184 valence electrons. The summed E-state index contributed by atoms with van der Waals surface area (Å²) in [6.45, 7) is 0.646. The van der Waals surface area contributed by atoms with Crippen LogP contribution in [0.1, 0.15) is 24.2 Å². The van der Waals surface area contributed by atoms with Crippen LogP contribution in [0.2, 0.25) is 0 Å². The van der Waals surface area contributed by atoms with Gasteiger partial charge in [-0.25, -0.2) is 8.42 Å². The topological polar surface area (TPSA) is 109 Å². The van der Waals surface area contributed by atoms with Crippen molar-refractivity contribution in [1.29, 1.82) is 0 Å². The van der Waals surface area contributed by atoms with Crippen molar-refractivity contribution in [3.8, 4) is 0 Å². The Morgan fingerprint density at radius 1 is 1.00 bits per heavy atom. The SMILES string of the molecule is O=C(N[C@@H](Cc1ccccc1)C(=O)NCc1ccco1)[C@H]1CCCN(S(=O)(=O)c2ccccc2)C1. The van der Waals surface area contributed by atoms with Gasteiger partial charge in [0.15, 0.2) is 0 Å². The lowest BCUT2D eigenvalue weighted by molar-refractivity contribution is -0.132. The summed E-state index contributed by atoms with van der Waals surface area (Å²) in [5, 5.41) is 5.69. The van der Waals surface area contributed by atoms with E-state index in [1.807, 2.05) is 30.3 Å². The maximum absolute atomic E-state index is 13.2. The summed E-state index contributed by atoms with van der Waals surface area (Å²) in [6, 6.07) is 20.3. The lowest BCUT2D eigenvalue weighted by Gasteiger charge is -2.32. The second-order valence-corrected chi connectivity index (χ2v) is 10.5. The van der Waals surface area contributed by atoms with E-state index in [4.69, 9.17) is 4.42 Å². The molecule has 0 aliphatic carbocycles. The number of rotatable bonds is 9. The highest BCUT2D eigenvalue weighted by Crippen LogP contribution is 2.24. The Labute approximate surface area is 205 Å². The molecule has 0 radical (unpaired) electrons. The molecular weight excluding hydrogens is 466 g/mol. The second kappa shape index (κ2) is 11.3. The number of carbonyl (C=O) groups is 2. The molecule has 2 atom stereocenters. The maximum atomic E-state index is 13.2. The molecule has 0 saturated carbocycles. The van der Waals surface area contributed by atoms with E-state index < -0.39 is 22.0 Å². The zero-order valence-corrected chi connectivity index (χ0v) is 20.1. The summed E-state index contributed by atoms with van der Waals surface area (Å²) in [5.74, 6) is -0.592. The molecule has 0 spiro atoms. The monoisotopic (exact) mass is 495 g/mol. The predicted octanol–water partition coefficient (Wildman–Crippen LogP) is 2.72. The minimum Gasteiger partial charge on any atom is -0.467 e. The standard InChI is InChI=1S/C26H29N3O5S/c30-25(21-11-7-15-29(19-21)35(32,33)23-13-5-2-6-14-23)28-24(17-20-9-3-1-4-10-20)26(31)27-18-22-12-8-16-34-22/h1-6,8-10,12-14,16,21,24H,7,11,15,17-19H2,(H,27,31)(H,28,30)/t21-,24-/m0/s1. The van der Waals surface area contributed by atoms with E-state index in [0.29, 0.717) is 31.6 Å². The number of amides is 2. The van der Waals surface area contributed by atoms with Crippen molar-refractivity contribution < 1.29 is 22.4 Å². The average molecular weight is 496 g/mol. The summed E-state index contributed by atoms with van der Waals surface area (Å²) in [7, 11) is -3.69. The van der Waals surface area contributed by atoms with Crippen LogP contribution in [0, 0.1) is 5.92 Å². The molecule has 35 heavy (non-hydrogen) atoms. The fourth-order valence-corrected chi connectivity index (χ4v) is 5.72. The van der Waals surface area contributed by atoms with Gasteiger partial charge in [-0.1, -0.05) is 48.5 Å². The van der Waals surface area contributed by atoms with Crippen molar-refractivity contribution in [3.05, 3.63) is 90.4 Å². The number of benzene rings is 2. The van der Waals surface area contributed by atoms with Gasteiger partial charge >= 0.3 is 0 Å². The minimum absolute atomic E-state index is 0.0785. The summed E-state index contributed by atoms with van der Waals surface area (Å²) >= 11 is 0. The van der Waals surface area contributed by atoms with Gasteiger partial charge in [0.05, 0.1) is 23.6 Å². The highest BCUT2D eigenvalue weighted by Gasteiger charge is 2.34. The van der Waals surface area contributed by atoms with Crippen molar-refractivity contribution in [2.75, 3.05) is 13.1 Å². The number of hydrogen-bond acceptors (Lipinski definition) is 5. The molecule has 4 rings (SSSR count). The summed E-state index contributed by atoms with van der Waals surface area (Å²) in [5.41, 5.74) is 0.905. The lowest BCUT2D eigenvalue weighted by Crippen LogP contribution is -2.52. The molecule has 2 aromatic carbocycles. The highest BCUT2D eigenvalue weighted by atomic mass is 32.2. The van der Waals surface area contributed by atoms with E-state index >= 15 is 0 Å². The van der Waals surface area contributed by atoms with Crippen LogP contribution >= 0.6 is 0 Å². The summed E-state index contributed by atoms with van der Waals surface area (Å²) in [4.78, 5) is 26.4. The molecule has 2 heterocycles. The molecule has 9 heteroatoms. The van der Waals surface area contributed by atoms with Gasteiger partial charge in [-0.2, -0.15) is 4.31 Å². The molecule has 1 aliphatic heterocycles. The van der Waals surface area contributed by atoms with Gasteiger partial charge in [0.25, 0.3) is 0 Å². The van der Waals surface area contributed by atoms with Crippen molar-refractivity contribution >= 4 is 21.8 Å². The Kier molecular flexibility index (Phi) is 7.99. The van der Waals surface area contributed by atoms with Gasteiger partial charge in [0.1, 0.15) is 11.8 Å². The van der Waals surface area contributed by atoms with Crippen molar-refractivity contribution in [3.63, 3.8) is 0 Å². The first-order chi connectivity index (χ1) is 16.9. The van der Waals surface area contributed by atoms with Crippen LogP contribution in [-0.4, -0.2) is 43.7 Å².